The number of rotatable bonds is 3. The number of benzene rings is 2. The van der Waals surface area contributed by atoms with E-state index in [1.807, 2.05) is 0 Å². The van der Waals surface area contributed by atoms with Crippen molar-refractivity contribution in [3.05, 3.63) is 57.6 Å². The molecule has 38 heavy (non-hydrogen) atoms. The van der Waals surface area contributed by atoms with Crippen LogP contribution in [0.25, 0.3) is 0 Å². The maximum atomic E-state index is 12.6. The van der Waals surface area contributed by atoms with Crippen molar-refractivity contribution in [3.63, 3.8) is 0 Å². The van der Waals surface area contributed by atoms with E-state index >= 15 is 0 Å². The Bertz CT molecular complexity index is 1410. The van der Waals surface area contributed by atoms with Gasteiger partial charge in [0.05, 0.1) is 9.79 Å². The maximum absolute atomic E-state index is 12.6. The van der Waals surface area contributed by atoms with Gasteiger partial charge in [-0.05, 0) is 65.3 Å². The Balaban J connectivity index is 0.000000382. The lowest BCUT2D eigenvalue weighted by atomic mass is 9.86. The fourth-order valence-corrected chi connectivity index (χ4v) is 5.12. The fourth-order valence-electron chi connectivity index (χ4n) is 2.81. The molecule has 0 fully saturated rings. The third kappa shape index (κ3) is 8.04. The van der Waals surface area contributed by atoms with E-state index in [9.17, 15) is 48.0 Å². The molecule has 0 aliphatic carbocycles. The third-order valence-electron chi connectivity index (χ3n) is 5.15. The second kappa shape index (κ2) is 10.9. The Labute approximate surface area is 226 Å². The summed E-state index contributed by atoms with van der Waals surface area (Å²) in [6.45, 7) is 11.7. The molecule has 0 aromatic heterocycles. The van der Waals surface area contributed by atoms with Gasteiger partial charge in [0.2, 0.25) is 0 Å². The molecule has 0 aliphatic rings. The fraction of sp³-hybridized carbons (Fsp3) is 0.458. The number of carbonyl (C=O) groups is 1. The van der Waals surface area contributed by atoms with Crippen molar-refractivity contribution in [2.24, 2.45) is 0 Å². The Morgan fingerprint density at radius 1 is 0.632 bits per heavy atom. The van der Waals surface area contributed by atoms with Gasteiger partial charge in [-0.2, -0.15) is 26.3 Å². The van der Waals surface area contributed by atoms with Gasteiger partial charge >= 0.3 is 11.0 Å². The van der Waals surface area contributed by atoms with E-state index in [-0.39, 0.29) is 5.56 Å². The van der Waals surface area contributed by atoms with Gasteiger partial charge in [-0.3, -0.25) is 4.79 Å². The molecule has 0 heterocycles. The topological polar surface area (TPSA) is 85.3 Å². The van der Waals surface area contributed by atoms with Crippen molar-refractivity contribution in [1.29, 1.82) is 0 Å². The van der Waals surface area contributed by atoms with Gasteiger partial charge in [0.1, 0.15) is 0 Å². The molecule has 0 amide bonds. The van der Waals surface area contributed by atoms with Crippen LogP contribution in [0.5, 0.6) is 0 Å². The molecule has 0 aliphatic heterocycles. The first-order valence-corrected chi connectivity index (χ1v) is 14.5. The summed E-state index contributed by atoms with van der Waals surface area (Å²) in [6.07, 6.45) is 0. The third-order valence-corrected chi connectivity index (χ3v) is 8.54. The van der Waals surface area contributed by atoms with Crippen LogP contribution in [0.1, 0.15) is 70.0 Å². The Hall–Kier alpha value is -1.93. The van der Waals surface area contributed by atoms with Gasteiger partial charge in [0, 0.05) is 10.0 Å². The van der Waals surface area contributed by atoms with Gasteiger partial charge < -0.3 is 0 Å². The molecule has 0 saturated carbocycles. The molecule has 0 radical (unpaired) electrons. The smallest absolute Gasteiger partial charge is 0.295 e. The summed E-state index contributed by atoms with van der Waals surface area (Å²) < 4.78 is 121. The molecule has 2 aromatic carbocycles. The first kappa shape index (κ1) is 34.1. The SMILES string of the molecule is CC(=O)c1cc(C(C)(C)C)cc(S(=O)(=O)C(F)(F)F)c1.CC(C)(C)c1cc(Br)cc(S(=O)(=O)C(F)(F)F)c1. The number of ketones is 1. The second-order valence-electron chi connectivity index (χ2n) is 10.4. The van der Waals surface area contributed by atoms with Crippen LogP contribution in [0.15, 0.2) is 50.7 Å². The quantitative estimate of drug-likeness (QED) is 0.253. The summed E-state index contributed by atoms with van der Waals surface area (Å²) >= 11 is 3.03. The lowest BCUT2D eigenvalue weighted by Gasteiger charge is -2.21. The average Bonchev–Trinajstić information content (AvgIpc) is 2.70. The number of halogens is 7. The molecular weight excluding hydrogens is 626 g/mol. The van der Waals surface area contributed by atoms with Crippen LogP contribution in [-0.2, 0) is 30.5 Å². The van der Waals surface area contributed by atoms with Crippen LogP contribution in [0.4, 0.5) is 26.3 Å². The van der Waals surface area contributed by atoms with Gasteiger partial charge in [0.15, 0.2) is 5.78 Å². The van der Waals surface area contributed by atoms with Crippen molar-refractivity contribution in [2.45, 2.75) is 80.1 Å². The Morgan fingerprint density at radius 2 is 0.974 bits per heavy atom. The molecule has 0 unspecified atom stereocenters. The number of carbonyl (C=O) groups excluding carboxylic acids is 1. The zero-order valence-corrected chi connectivity index (χ0v) is 24.7. The van der Waals surface area contributed by atoms with Crippen LogP contribution >= 0.6 is 15.9 Å². The molecule has 0 bridgehead atoms. The first-order chi connectivity index (χ1) is 16.6. The normalized spacial score (nSPS) is 13.5. The molecule has 5 nitrogen and oxygen atoms in total. The minimum Gasteiger partial charge on any atom is -0.295 e. The highest BCUT2D eigenvalue weighted by atomic mass is 79.9. The summed E-state index contributed by atoms with van der Waals surface area (Å²) in [6, 6.07) is 6.77. The van der Waals surface area contributed by atoms with Crippen molar-refractivity contribution in [2.75, 3.05) is 0 Å². The van der Waals surface area contributed by atoms with Crippen molar-refractivity contribution in [1.82, 2.24) is 0 Å². The number of hydrogen-bond donors (Lipinski definition) is 0. The zero-order valence-electron chi connectivity index (χ0n) is 21.5. The number of Topliss-reactive ketones (excluding diaryl/α,β-unsaturated/α-hetero) is 1. The molecular formula is C24H27BrF6O5S2. The van der Waals surface area contributed by atoms with Gasteiger partial charge in [-0.25, -0.2) is 16.8 Å². The summed E-state index contributed by atoms with van der Waals surface area (Å²) in [5, 5.41) is 0. The molecule has 2 rings (SSSR count). The predicted molar refractivity (Wildman–Crippen MR) is 134 cm³/mol. The molecule has 214 valence electrons. The van der Waals surface area contributed by atoms with E-state index in [4.69, 9.17) is 0 Å². The monoisotopic (exact) mass is 652 g/mol. The van der Waals surface area contributed by atoms with E-state index in [1.54, 1.807) is 47.6 Å². The van der Waals surface area contributed by atoms with E-state index < -0.39 is 57.1 Å². The van der Waals surface area contributed by atoms with Crippen LogP contribution in [0.3, 0.4) is 0 Å². The standard InChI is InChI=1S/C13H15F3O3S.C11H12BrF3O2S/c1-8(17)9-5-10(12(2,3)4)7-11(6-9)20(18,19)13(14,15)16;1-10(2,3)7-4-8(12)6-9(5-7)18(16,17)11(13,14)15/h5-7H,1-4H3;4-6H,1-3H3. The lowest BCUT2D eigenvalue weighted by molar-refractivity contribution is -0.0442. The van der Waals surface area contributed by atoms with Crippen LogP contribution < -0.4 is 0 Å². The zero-order chi connectivity index (χ0) is 30.3. The van der Waals surface area contributed by atoms with Crippen LogP contribution in [-0.4, -0.2) is 33.6 Å². The lowest BCUT2D eigenvalue weighted by Crippen LogP contribution is -2.24. The highest BCUT2D eigenvalue weighted by Gasteiger charge is 2.48. The predicted octanol–water partition coefficient (Wildman–Crippen LogP) is 7.52. The van der Waals surface area contributed by atoms with Crippen LogP contribution in [0.2, 0.25) is 0 Å². The highest BCUT2D eigenvalue weighted by Crippen LogP contribution is 2.35. The maximum Gasteiger partial charge on any atom is 0.501 e. The molecule has 0 saturated heterocycles. The van der Waals surface area contributed by atoms with Gasteiger partial charge in [-0.1, -0.05) is 57.5 Å². The Morgan fingerprint density at radius 3 is 1.29 bits per heavy atom. The summed E-state index contributed by atoms with van der Waals surface area (Å²) in [7, 11) is -10.8. The van der Waals surface area contributed by atoms with Crippen LogP contribution in [0, 0.1) is 0 Å². The van der Waals surface area contributed by atoms with Crippen molar-refractivity contribution in [3.8, 4) is 0 Å². The van der Waals surface area contributed by atoms with E-state index in [1.165, 1.54) is 13.0 Å². The number of hydrogen-bond acceptors (Lipinski definition) is 5. The molecule has 0 atom stereocenters. The van der Waals surface area contributed by atoms with Gasteiger partial charge in [0.25, 0.3) is 19.7 Å². The first-order valence-electron chi connectivity index (χ1n) is 10.7. The summed E-state index contributed by atoms with van der Waals surface area (Å²) in [5.41, 5.74) is -10.9. The summed E-state index contributed by atoms with van der Waals surface area (Å²) in [5.74, 6) is -0.491. The van der Waals surface area contributed by atoms with E-state index in [0.717, 1.165) is 24.3 Å². The summed E-state index contributed by atoms with van der Waals surface area (Å²) in [4.78, 5) is 9.74. The van der Waals surface area contributed by atoms with E-state index in [0.29, 0.717) is 15.6 Å². The van der Waals surface area contributed by atoms with Crippen molar-refractivity contribution >= 4 is 41.4 Å². The van der Waals surface area contributed by atoms with Gasteiger partial charge in [-0.15, -0.1) is 0 Å². The van der Waals surface area contributed by atoms with Crippen molar-refractivity contribution < 1.29 is 48.0 Å². The minimum atomic E-state index is -5.47. The minimum absolute atomic E-state index is 0.0553. The molecule has 14 heteroatoms. The molecule has 0 N–H and O–H groups in total. The Kier molecular flexibility index (Phi) is 9.79. The number of sulfone groups is 2. The van der Waals surface area contributed by atoms with E-state index in [2.05, 4.69) is 15.9 Å². The number of alkyl halides is 6. The molecule has 0 spiro atoms. The largest absolute Gasteiger partial charge is 0.501 e. The average molecular weight is 654 g/mol. The highest BCUT2D eigenvalue weighted by molar-refractivity contribution is 9.10. The second-order valence-corrected chi connectivity index (χ2v) is 15.2. The molecule has 2 aromatic rings.